The molecule has 2 aromatic rings. The predicted octanol–water partition coefficient (Wildman–Crippen LogP) is 3.49. The molecule has 0 spiro atoms. The number of rotatable bonds is 6. The Morgan fingerprint density at radius 3 is 2.28 bits per heavy atom. The number of methoxy groups -OCH3 is 2. The van der Waals surface area contributed by atoms with E-state index in [9.17, 15) is 0 Å². The van der Waals surface area contributed by atoms with Crippen molar-refractivity contribution < 1.29 is 9.47 Å². The van der Waals surface area contributed by atoms with E-state index in [4.69, 9.17) is 9.47 Å². The summed E-state index contributed by atoms with van der Waals surface area (Å²) < 4.78 is 11.1. The predicted molar refractivity (Wildman–Crippen MR) is 118 cm³/mol. The van der Waals surface area contributed by atoms with Crippen LogP contribution in [-0.4, -0.2) is 69.3 Å². The van der Waals surface area contributed by atoms with Crippen molar-refractivity contribution in [2.24, 2.45) is 0 Å². The highest BCUT2D eigenvalue weighted by atomic mass is 16.5. The number of anilines is 1. The average molecular weight is 396 g/mol. The zero-order valence-electron chi connectivity index (χ0n) is 17.7. The van der Waals surface area contributed by atoms with Crippen LogP contribution in [0.4, 0.5) is 5.69 Å². The minimum Gasteiger partial charge on any atom is -0.496 e. The summed E-state index contributed by atoms with van der Waals surface area (Å²) in [5, 5.41) is 0. The molecule has 1 atom stereocenters. The van der Waals surface area contributed by atoms with Gasteiger partial charge >= 0.3 is 0 Å². The van der Waals surface area contributed by atoms with E-state index < -0.39 is 0 Å². The Bertz CT molecular complexity index is 789. The van der Waals surface area contributed by atoms with Gasteiger partial charge in [-0.1, -0.05) is 30.3 Å². The van der Waals surface area contributed by atoms with Gasteiger partial charge in [0.1, 0.15) is 11.5 Å². The number of likely N-dealkylation sites (tertiary alicyclic amines) is 1. The molecule has 2 fully saturated rings. The third kappa shape index (κ3) is 4.68. The minimum atomic E-state index is 0.651. The van der Waals surface area contributed by atoms with E-state index in [2.05, 4.69) is 51.1 Å². The van der Waals surface area contributed by atoms with E-state index in [0.29, 0.717) is 6.04 Å². The molecule has 0 aromatic heterocycles. The average Bonchev–Trinajstić information content (AvgIpc) is 2.80. The second-order valence-corrected chi connectivity index (χ2v) is 8.04. The van der Waals surface area contributed by atoms with Crippen molar-refractivity contribution in [1.29, 1.82) is 0 Å². The lowest BCUT2D eigenvalue weighted by atomic mass is 10.0. The first kappa shape index (κ1) is 20.0. The van der Waals surface area contributed by atoms with Gasteiger partial charge in [0.2, 0.25) is 0 Å². The number of benzene rings is 2. The van der Waals surface area contributed by atoms with Crippen molar-refractivity contribution in [3.63, 3.8) is 0 Å². The van der Waals surface area contributed by atoms with Gasteiger partial charge in [0, 0.05) is 50.9 Å². The number of hydrogen-bond donors (Lipinski definition) is 0. The van der Waals surface area contributed by atoms with Crippen LogP contribution in [0, 0.1) is 0 Å². The second kappa shape index (κ2) is 9.51. The lowest BCUT2D eigenvalue weighted by Gasteiger charge is -2.44. The fraction of sp³-hybridized carbons (Fsp3) is 0.500. The SMILES string of the molecule is COc1ccccc1CN1CCCC(N2CCN(c3ccccc3OC)CC2)C1. The van der Waals surface area contributed by atoms with Gasteiger partial charge in [-0.3, -0.25) is 9.80 Å². The van der Waals surface area contributed by atoms with Crippen molar-refractivity contribution in [1.82, 2.24) is 9.80 Å². The van der Waals surface area contributed by atoms with E-state index in [1.165, 1.54) is 30.6 Å². The van der Waals surface area contributed by atoms with E-state index >= 15 is 0 Å². The summed E-state index contributed by atoms with van der Waals surface area (Å²) in [4.78, 5) is 7.75. The Hall–Kier alpha value is -2.24. The van der Waals surface area contributed by atoms with E-state index in [-0.39, 0.29) is 0 Å². The number of ether oxygens (including phenoxy) is 2. The van der Waals surface area contributed by atoms with Crippen LogP contribution in [0.15, 0.2) is 48.5 Å². The Balaban J connectivity index is 1.34. The van der Waals surface area contributed by atoms with Crippen molar-refractivity contribution in [2.45, 2.75) is 25.4 Å². The van der Waals surface area contributed by atoms with Crippen molar-refractivity contribution in [3.8, 4) is 11.5 Å². The fourth-order valence-corrected chi connectivity index (χ4v) is 4.77. The lowest BCUT2D eigenvalue weighted by Crippen LogP contribution is -2.55. The highest BCUT2D eigenvalue weighted by molar-refractivity contribution is 5.58. The molecule has 4 rings (SSSR count). The number of nitrogens with zero attached hydrogens (tertiary/aromatic N) is 3. The molecule has 5 nitrogen and oxygen atoms in total. The van der Waals surface area contributed by atoms with Gasteiger partial charge in [0.15, 0.2) is 0 Å². The van der Waals surface area contributed by atoms with Gasteiger partial charge in [0.25, 0.3) is 0 Å². The second-order valence-electron chi connectivity index (χ2n) is 8.04. The van der Waals surface area contributed by atoms with Crippen molar-refractivity contribution >= 4 is 5.69 Å². The maximum atomic E-state index is 5.56. The molecular formula is C24H33N3O2. The summed E-state index contributed by atoms with van der Waals surface area (Å²) in [5.74, 6) is 1.97. The Kier molecular flexibility index (Phi) is 6.57. The molecule has 0 radical (unpaired) electrons. The zero-order valence-corrected chi connectivity index (χ0v) is 17.7. The molecule has 2 aliphatic heterocycles. The van der Waals surface area contributed by atoms with Crippen LogP contribution in [0.25, 0.3) is 0 Å². The van der Waals surface area contributed by atoms with Crippen LogP contribution in [-0.2, 0) is 6.54 Å². The third-order valence-electron chi connectivity index (χ3n) is 6.32. The number of piperazine rings is 1. The van der Waals surface area contributed by atoms with Gasteiger partial charge in [0.05, 0.1) is 19.9 Å². The summed E-state index contributed by atoms with van der Waals surface area (Å²) in [6, 6.07) is 17.4. The summed E-state index contributed by atoms with van der Waals surface area (Å²) >= 11 is 0. The van der Waals surface area contributed by atoms with Crippen LogP contribution in [0.3, 0.4) is 0 Å². The normalized spacial score (nSPS) is 21.2. The highest BCUT2D eigenvalue weighted by Gasteiger charge is 2.29. The lowest BCUT2D eigenvalue weighted by molar-refractivity contribution is 0.0882. The summed E-state index contributed by atoms with van der Waals surface area (Å²) in [6.45, 7) is 7.65. The smallest absolute Gasteiger partial charge is 0.142 e. The van der Waals surface area contributed by atoms with Crippen LogP contribution in [0.2, 0.25) is 0 Å². The molecule has 0 bridgehead atoms. The molecule has 0 N–H and O–H groups in total. The van der Waals surface area contributed by atoms with Crippen LogP contribution in [0.5, 0.6) is 11.5 Å². The largest absolute Gasteiger partial charge is 0.496 e. The molecule has 156 valence electrons. The molecule has 29 heavy (non-hydrogen) atoms. The van der Waals surface area contributed by atoms with Crippen LogP contribution >= 0.6 is 0 Å². The summed E-state index contributed by atoms with van der Waals surface area (Å²) in [5.41, 5.74) is 2.51. The number of para-hydroxylation sites is 3. The summed E-state index contributed by atoms with van der Waals surface area (Å²) in [6.07, 6.45) is 2.57. The molecule has 5 heteroatoms. The first-order chi connectivity index (χ1) is 14.3. The highest BCUT2D eigenvalue weighted by Crippen LogP contribution is 2.29. The first-order valence-electron chi connectivity index (χ1n) is 10.7. The van der Waals surface area contributed by atoms with Crippen LogP contribution in [0.1, 0.15) is 18.4 Å². The number of piperidine rings is 1. The maximum absolute atomic E-state index is 5.56. The van der Waals surface area contributed by atoms with E-state index in [0.717, 1.165) is 50.8 Å². The van der Waals surface area contributed by atoms with Gasteiger partial charge in [-0.25, -0.2) is 0 Å². The van der Waals surface area contributed by atoms with Crippen molar-refractivity contribution in [3.05, 3.63) is 54.1 Å². The number of hydrogen-bond acceptors (Lipinski definition) is 5. The Labute approximate surface area is 174 Å². The van der Waals surface area contributed by atoms with E-state index in [1.807, 2.05) is 12.1 Å². The van der Waals surface area contributed by atoms with Gasteiger partial charge in [-0.15, -0.1) is 0 Å². The quantitative estimate of drug-likeness (QED) is 0.747. The molecule has 0 aliphatic carbocycles. The maximum Gasteiger partial charge on any atom is 0.142 e. The molecular weight excluding hydrogens is 362 g/mol. The molecule has 2 aromatic carbocycles. The Morgan fingerprint density at radius 2 is 1.52 bits per heavy atom. The van der Waals surface area contributed by atoms with Gasteiger partial charge in [-0.05, 0) is 37.6 Å². The summed E-state index contributed by atoms with van der Waals surface area (Å²) in [7, 11) is 3.52. The van der Waals surface area contributed by atoms with Gasteiger partial charge < -0.3 is 14.4 Å². The molecule has 2 heterocycles. The topological polar surface area (TPSA) is 28.2 Å². The van der Waals surface area contributed by atoms with Crippen LogP contribution < -0.4 is 14.4 Å². The molecule has 0 amide bonds. The zero-order chi connectivity index (χ0) is 20.1. The minimum absolute atomic E-state index is 0.651. The molecule has 1 unspecified atom stereocenters. The van der Waals surface area contributed by atoms with E-state index in [1.54, 1.807) is 14.2 Å². The standard InChI is InChI=1S/C24H33N3O2/c1-28-23-11-5-3-8-20(23)18-25-13-7-9-21(19-25)26-14-16-27(17-15-26)22-10-4-6-12-24(22)29-2/h3-6,8,10-12,21H,7,9,13-19H2,1-2H3. The monoisotopic (exact) mass is 395 g/mol. The fourth-order valence-electron chi connectivity index (χ4n) is 4.77. The third-order valence-corrected chi connectivity index (χ3v) is 6.32. The first-order valence-corrected chi connectivity index (χ1v) is 10.7. The molecule has 2 saturated heterocycles. The van der Waals surface area contributed by atoms with Gasteiger partial charge in [-0.2, -0.15) is 0 Å². The Morgan fingerprint density at radius 1 is 0.828 bits per heavy atom. The molecule has 2 aliphatic rings. The van der Waals surface area contributed by atoms with Crippen molar-refractivity contribution in [2.75, 3.05) is 58.4 Å². The molecule has 0 saturated carbocycles.